The lowest BCUT2D eigenvalue weighted by atomic mass is 10.2. The van der Waals surface area contributed by atoms with Gasteiger partial charge in [-0.25, -0.2) is 19.6 Å². The monoisotopic (exact) mass is 420 g/mol. The van der Waals surface area contributed by atoms with Gasteiger partial charge in [0.15, 0.2) is 11.4 Å². The number of aromatic nitrogens is 4. The van der Waals surface area contributed by atoms with Gasteiger partial charge in [0, 0.05) is 0 Å². The van der Waals surface area contributed by atoms with E-state index < -0.39 is 11.9 Å². The summed E-state index contributed by atoms with van der Waals surface area (Å²) in [4.78, 5) is 41.9. The second-order valence-electron chi connectivity index (χ2n) is 7.27. The summed E-state index contributed by atoms with van der Waals surface area (Å²) >= 11 is 0. The molecular formula is C23H24N4O4. The van der Waals surface area contributed by atoms with Crippen LogP contribution in [-0.2, 0) is 11.3 Å². The summed E-state index contributed by atoms with van der Waals surface area (Å²) in [6, 6.07) is 6.69. The van der Waals surface area contributed by atoms with Crippen LogP contribution in [0.2, 0.25) is 0 Å². The van der Waals surface area contributed by atoms with E-state index in [1.165, 1.54) is 0 Å². The molecule has 0 saturated carbocycles. The Morgan fingerprint density at radius 3 is 1.61 bits per heavy atom. The number of carbonyl (C=O) groups is 2. The van der Waals surface area contributed by atoms with E-state index in [9.17, 15) is 9.59 Å². The molecule has 0 saturated heterocycles. The topological polar surface area (TPSA) is 104 Å². The molecule has 3 rings (SSSR count). The Morgan fingerprint density at radius 2 is 1.10 bits per heavy atom. The molecule has 2 heterocycles. The molecule has 0 atom stereocenters. The van der Waals surface area contributed by atoms with Crippen LogP contribution in [0.3, 0.4) is 0 Å². The number of hydrogen-bond donors (Lipinski definition) is 0. The van der Waals surface area contributed by atoms with Gasteiger partial charge in [-0.3, -0.25) is 9.97 Å². The van der Waals surface area contributed by atoms with Gasteiger partial charge in [-0.05, 0) is 59.2 Å². The first-order valence-electron chi connectivity index (χ1n) is 9.77. The molecule has 0 N–H and O–H groups in total. The SMILES string of the molecule is Cc1nc(C)c(C(=O)OCc2ccc(OC(=O)c3nc(C)c(C)nc3C)cc2)nc1C. The van der Waals surface area contributed by atoms with Gasteiger partial charge in [-0.2, -0.15) is 0 Å². The quantitative estimate of drug-likeness (QED) is 0.455. The minimum Gasteiger partial charge on any atom is -0.456 e. The number of benzene rings is 1. The van der Waals surface area contributed by atoms with Crippen molar-refractivity contribution >= 4 is 11.9 Å². The summed E-state index contributed by atoms with van der Waals surface area (Å²) in [5.41, 5.74) is 5.10. The minimum atomic E-state index is -0.573. The number of ether oxygens (including phenoxy) is 2. The van der Waals surface area contributed by atoms with Crippen molar-refractivity contribution < 1.29 is 19.1 Å². The molecule has 0 bridgehead atoms. The molecule has 0 aliphatic carbocycles. The van der Waals surface area contributed by atoms with Gasteiger partial charge < -0.3 is 9.47 Å². The molecule has 160 valence electrons. The highest BCUT2D eigenvalue weighted by Gasteiger charge is 2.17. The Hall–Kier alpha value is -3.68. The lowest BCUT2D eigenvalue weighted by molar-refractivity contribution is 0.0463. The van der Waals surface area contributed by atoms with Crippen molar-refractivity contribution in [3.8, 4) is 5.75 Å². The average molecular weight is 420 g/mol. The Kier molecular flexibility index (Phi) is 6.39. The fourth-order valence-electron chi connectivity index (χ4n) is 2.84. The number of aryl methyl sites for hydroxylation is 6. The Bertz CT molecular complexity index is 1160. The molecule has 31 heavy (non-hydrogen) atoms. The second kappa shape index (κ2) is 8.99. The third-order valence-corrected chi connectivity index (χ3v) is 4.85. The van der Waals surface area contributed by atoms with Crippen molar-refractivity contribution in [1.82, 2.24) is 19.9 Å². The summed E-state index contributed by atoms with van der Waals surface area (Å²) in [5, 5.41) is 0. The van der Waals surface area contributed by atoms with Crippen LogP contribution < -0.4 is 4.74 Å². The second-order valence-corrected chi connectivity index (χ2v) is 7.27. The fraction of sp³-hybridized carbons (Fsp3) is 0.304. The van der Waals surface area contributed by atoms with Crippen LogP contribution in [0.4, 0.5) is 0 Å². The smallest absolute Gasteiger partial charge is 0.364 e. The third-order valence-electron chi connectivity index (χ3n) is 4.85. The maximum atomic E-state index is 12.4. The first-order chi connectivity index (χ1) is 14.7. The molecule has 2 aromatic heterocycles. The zero-order valence-electron chi connectivity index (χ0n) is 18.4. The van der Waals surface area contributed by atoms with Gasteiger partial charge in [0.05, 0.1) is 34.2 Å². The van der Waals surface area contributed by atoms with E-state index >= 15 is 0 Å². The van der Waals surface area contributed by atoms with Crippen molar-refractivity contribution in [2.75, 3.05) is 0 Å². The maximum Gasteiger partial charge on any atom is 0.364 e. The first kappa shape index (κ1) is 22.0. The highest BCUT2D eigenvalue weighted by Crippen LogP contribution is 2.17. The molecule has 0 aliphatic rings. The summed E-state index contributed by atoms with van der Waals surface area (Å²) in [6.45, 7) is 10.8. The summed E-state index contributed by atoms with van der Waals surface area (Å²) in [6.07, 6.45) is 0. The van der Waals surface area contributed by atoms with Crippen molar-refractivity contribution in [3.05, 3.63) is 75.4 Å². The van der Waals surface area contributed by atoms with Crippen LogP contribution in [0, 0.1) is 41.5 Å². The standard InChI is InChI=1S/C23H24N4O4/c1-12-14(3)26-20(16(5)24-12)22(28)30-11-18-7-9-19(10-8-18)31-23(29)21-17(6)25-13(2)15(4)27-21/h7-10H,11H2,1-6H3. The van der Waals surface area contributed by atoms with Gasteiger partial charge in [-0.1, -0.05) is 12.1 Å². The van der Waals surface area contributed by atoms with Gasteiger partial charge in [-0.15, -0.1) is 0 Å². The highest BCUT2D eigenvalue weighted by molar-refractivity contribution is 5.90. The van der Waals surface area contributed by atoms with E-state index in [0.29, 0.717) is 28.5 Å². The molecule has 0 radical (unpaired) electrons. The number of carbonyl (C=O) groups excluding carboxylic acids is 2. The molecule has 8 nitrogen and oxygen atoms in total. The van der Waals surface area contributed by atoms with E-state index in [2.05, 4.69) is 19.9 Å². The van der Waals surface area contributed by atoms with E-state index in [0.717, 1.165) is 17.0 Å². The van der Waals surface area contributed by atoms with Crippen molar-refractivity contribution in [1.29, 1.82) is 0 Å². The molecule has 0 spiro atoms. The Labute approximate surface area is 180 Å². The summed E-state index contributed by atoms with van der Waals surface area (Å²) in [5.74, 6) is -0.751. The molecule has 0 amide bonds. The first-order valence-corrected chi connectivity index (χ1v) is 9.77. The van der Waals surface area contributed by atoms with Crippen LogP contribution in [0.5, 0.6) is 5.75 Å². The lowest BCUT2D eigenvalue weighted by Gasteiger charge is -2.10. The molecule has 0 fully saturated rings. The van der Waals surface area contributed by atoms with Crippen LogP contribution in [-0.4, -0.2) is 31.9 Å². The number of esters is 2. The molecule has 1 aromatic carbocycles. The van der Waals surface area contributed by atoms with Crippen molar-refractivity contribution in [3.63, 3.8) is 0 Å². The van der Waals surface area contributed by atoms with E-state index in [4.69, 9.17) is 9.47 Å². The van der Waals surface area contributed by atoms with Crippen molar-refractivity contribution in [2.45, 2.75) is 48.1 Å². The maximum absolute atomic E-state index is 12.4. The van der Waals surface area contributed by atoms with Crippen molar-refractivity contribution in [2.24, 2.45) is 0 Å². The number of rotatable bonds is 5. The molecule has 0 aliphatic heterocycles. The Balaban J connectivity index is 1.63. The summed E-state index contributed by atoms with van der Waals surface area (Å²) in [7, 11) is 0. The Morgan fingerprint density at radius 1 is 0.645 bits per heavy atom. The zero-order chi connectivity index (χ0) is 22.7. The van der Waals surface area contributed by atoms with Gasteiger partial charge >= 0.3 is 11.9 Å². The number of hydrogen-bond acceptors (Lipinski definition) is 8. The highest BCUT2D eigenvalue weighted by atomic mass is 16.5. The lowest BCUT2D eigenvalue weighted by Crippen LogP contribution is -2.15. The third kappa shape index (κ3) is 5.09. The predicted molar refractivity (Wildman–Crippen MR) is 113 cm³/mol. The molecule has 0 unspecified atom stereocenters. The van der Waals surface area contributed by atoms with E-state index in [-0.39, 0.29) is 18.0 Å². The van der Waals surface area contributed by atoms with Gasteiger partial charge in [0.25, 0.3) is 0 Å². The van der Waals surface area contributed by atoms with Crippen LogP contribution >= 0.6 is 0 Å². The fourth-order valence-corrected chi connectivity index (χ4v) is 2.84. The van der Waals surface area contributed by atoms with Gasteiger partial charge in [0.1, 0.15) is 12.4 Å². The largest absolute Gasteiger partial charge is 0.456 e. The van der Waals surface area contributed by atoms with E-state index in [1.54, 1.807) is 52.0 Å². The zero-order valence-corrected chi connectivity index (χ0v) is 18.4. The summed E-state index contributed by atoms with van der Waals surface area (Å²) < 4.78 is 10.8. The van der Waals surface area contributed by atoms with Crippen LogP contribution in [0.25, 0.3) is 0 Å². The number of nitrogens with zero attached hydrogens (tertiary/aromatic N) is 4. The van der Waals surface area contributed by atoms with Gasteiger partial charge in [0.2, 0.25) is 0 Å². The van der Waals surface area contributed by atoms with Crippen LogP contribution in [0.15, 0.2) is 24.3 Å². The van der Waals surface area contributed by atoms with Crippen LogP contribution in [0.1, 0.15) is 60.7 Å². The predicted octanol–water partition coefficient (Wildman–Crippen LogP) is 3.69. The normalized spacial score (nSPS) is 10.6. The average Bonchev–Trinajstić information content (AvgIpc) is 2.72. The van der Waals surface area contributed by atoms with E-state index in [1.807, 2.05) is 13.8 Å². The minimum absolute atomic E-state index is 0.0584. The molecule has 3 aromatic rings. The molecular weight excluding hydrogens is 396 g/mol. The molecule has 8 heteroatoms.